The summed E-state index contributed by atoms with van der Waals surface area (Å²) in [5, 5.41) is 10.3. The van der Waals surface area contributed by atoms with Crippen LogP contribution < -0.4 is 0 Å². The molecule has 2 heterocycles. The molecule has 2 aromatic rings. The number of rotatable bonds is 8. The van der Waals surface area contributed by atoms with E-state index in [1.54, 1.807) is 17.5 Å². The molecule has 0 aliphatic carbocycles. The van der Waals surface area contributed by atoms with Crippen molar-refractivity contribution in [2.24, 2.45) is 0 Å². The summed E-state index contributed by atoms with van der Waals surface area (Å²) in [7, 11) is 0. The number of carbonyl (C=O) groups is 2. The number of carbonyl (C=O) groups excluding carboxylic acids is 1. The Morgan fingerprint density at radius 1 is 1.10 bits per heavy atom. The van der Waals surface area contributed by atoms with E-state index in [1.807, 2.05) is 0 Å². The van der Waals surface area contributed by atoms with Crippen molar-refractivity contribution in [1.82, 2.24) is 4.90 Å². The van der Waals surface area contributed by atoms with Crippen molar-refractivity contribution in [2.75, 3.05) is 6.54 Å². The largest absolute Gasteiger partial charge is 0.481 e. The predicted molar refractivity (Wildman–Crippen MR) is 116 cm³/mol. The van der Waals surface area contributed by atoms with Gasteiger partial charge in [0, 0.05) is 17.8 Å². The van der Waals surface area contributed by atoms with Gasteiger partial charge in [-0.15, -0.1) is 11.3 Å². The molecule has 0 atom stereocenters. The summed E-state index contributed by atoms with van der Waals surface area (Å²) in [6.45, 7) is 0.422. The quantitative estimate of drug-likeness (QED) is 0.232. The zero-order chi connectivity index (χ0) is 21.8. The Balaban J connectivity index is 1.67. The van der Waals surface area contributed by atoms with Crippen molar-refractivity contribution >= 4 is 57.6 Å². The number of unbranched alkanes of at least 4 members (excludes halogenated alkanes) is 2. The van der Waals surface area contributed by atoms with Crippen LogP contribution in [0.25, 0.3) is 17.2 Å². The Kier molecular flexibility index (Phi) is 7.32. The molecule has 1 aromatic heterocycles. The average Bonchev–Trinajstić information content (AvgIpc) is 3.25. The molecule has 1 fully saturated rings. The summed E-state index contributed by atoms with van der Waals surface area (Å²) in [4.78, 5) is 25.8. The topological polar surface area (TPSA) is 57.6 Å². The Morgan fingerprint density at radius 3 is 2.47 bits per heavy atom. The molecule has 1 N–H and O–H groups in total. The monoisotopic (exact) mass is 471 g/mol. The number of aliphatic carboxylic acids is 1. The Hall–Kier alpha value is -2.17. The third-order valence-corrected chi connectivity index (χ3v) is 6.61. The molecule has 1 aliphatic rings. The van der Waals surface area contributed by atoms with Crippen LogP contribution in [0.1, 0.15) is 30.6 Å². The number of amides is 1. The Bertz CT molecular complexity index is 1010. The van der Waals surface area contributed by atoms with E-state index >= 15 is 0 Å². The van der Waals surface area contributed by atoms with Crippen molar-refractivity contribution in [1.29, 1.82) is 0 Å². The lowest BCUT2D eigenvalue weighted by Gasteiger charge is -2.13. The first-order valence-corrected chi connectivity index (χ1v) is 11.1. The standard InChI is InChI=1S/C20H16F3NO3S3/c21-14-7-11(8-15(22)18(14)23)12-6-13(29-10-12)9-16-19(27)24(20(28)30-16)5-3-1-2-4-17(25)26/h6-10H,1-5H2,(H,25,26)/b16-9-. The zero-order valence-electron chi connectivity index (χ0n) is 15.5. The maximum Gasteiger partial charge on any atom is 0.303 e. The highest BCUT2D eigenvalue weighted by atomic mass is 32.2. The second kappa shape index (κ2) is 9.76. The van der Waals surface area contributed by atoms with Gasteiger partial charge in [0.05, 0.1) is 4.91 Å². The van der Waals surface area contributed by atoms with Crippen LogP contribution in [0.5, 0.6) is 0 Å². The second-order valence-corrected chi connectivity index (χ2v) is 9.15. The molecule has 1 aliphatic heterocycles. The third-order valence-electron chi connectivity index (χ3n) is 4.36. The zero-order valence-corrected chi connectivity index (χ0v) is 17.9. The summed E-state index contributed by atoms with van der Waals surface area (Å²) in [6, 6.07) is 3.51. The van der Waals surface area contributed by atoms with Crippen molar-refractivity contribution in [3.05, 3.63) is 50.8 Å². The van der Waals surface area contributed by atoms with Crippen LogP contribution in [0, 0.1) is 17.5 Å². The van der Waals surface area contributed by atoms with Crippen LogP contribution in [-0.2, 0) is 9.59 Å². The van der Waals surface area contributed by atoms with Crippen LogP contribution in [0.15, 0.2) is 28.5 Å². The highest BCUT2D eigenvalue weighted by Gasteiger charge is 2.31. The number of thiocarbonyl (C=S) groups is 1. The molecule has 30 heavy (non-hydrogen) atoms. The van der Waals surface area contributed by atoms with Crippen molar-refractivity contribution in [3.8, 4) is 11.1 Å². The molecule has 0 saturated carbocycles. The van der Waals surface area contributed by atoms with E-state index in [4.69, 9.17) is 17.3 Å². The fourth-order valence-corrected chi connectivity index (χ4v) is 5.07. The number of carboxylic acid groups (broad SMARTS) is 1. The van der Waals surface area contributed by atoms with Crippen LogP contribution >= 0.6 is 35.3 Å². The third kappa shape index (κ3) is 5.30. The number of thiophene rings is 1. The minimum atomic E-state index is -1.51. The van der Waals surface area contributed by atoms with Gasteiger partial charge >= 0.3 is 5.97 Å². The van der Waals surface area contributed by atoms with Crippen LogP contribution in [0.4, 0.5) is 13.2 Å². The van der Waals surface area contributed by atoms with Gasteiger partial charge in [-0.2, -0.15) is 0 Å². The Morgan fingerprint density at radius 2 is 1.80 bits per heavy atom. The van der Waals surface area contributed by atoms with E-state index in [0.717, 1.165) is 12.1 Å². The van der Waals surface area contributed by atoms with Gasteiger partial charge in [-0.1, -0.05) is 30.4 Å². The van der Waals surface area contributed by atoms with Gasteiger partial charge in [0.2, 0.25) is 0 Å². The lowest BCUT2D eigenvalue weighted by molar-refractivity contribution is -0.137. The molecular formula is C20H16F3NO3S3. The minimum Gasteiger partial charge on any atom is -0.481 e. The first kappa shape index (κ1) is 22.5. The number of nitrogens with zero attached hydrogens (tertiary/aromatic N) is 1. The van der Waals surface area contributed by atoms with Crippen LogP contribution in [0.3, 0.4) is 0 Å². The predicted octanol–water partition coefficient (Wildman–Crippen LogP) is 5.68. The summed E-state index contributed by atoms with van der Waals surface area (Å²) >= 11 is 7.72. The molecule has 3 rings (SSSR count). The number of halogens is 3. The first-order valence-electron chi connectivity index (χ1n) is 8.97. The van der Waals surface area contributed by atoms with Gasteiger partial charge < -0.3 is 5.11 Å². The summed E-state index contributed by atoms with van der Waals surface area (Å²) < 4.78 is 40.5. The minimum absolute atomic E-state index is 0.0981. The van der Waals surface area contributed by atoms with Crippen LogP contribution in [-0.4, -0.2) is 32.7 Å². The number of carboxylic acids is 1. The molecule has 1 amide bonds. The number of hydrogen-bond donors (Lipinski definition) is 1. The van der Waals surface area contributed by atoms with E-state index in [-0.39, 0.29) is 17.9 Å². The summed E-state index contributed by atoms with van der Waals surface area (Å²) in [5.74, 6) is -5.10. The smallest absolute Gasteiger partial charge is 0.303 e. The molecule has 0 radical (unpaired) electrons. The van der Waals surface area contributed by atoms with Gasteiger partial charge in [0.1, 0.15) is 4.32 Å². The van der Waals surface area contributed by atoms with Crippen molar-refractivity contribution in [2.45, 2.75) is 25.7 Å². The van der Waals surface area contributed by atoms with Crippen LogP contribution in [0.2, 0.25) is 0 Å². The summed E-state index contributed by atoms with van der Waals surface area (Å²) in [6.07, 6.45) is 3.64. The second-order valence-electron chi connectivity index (χ2n) is 6.53. The summed E-state index contributed by atoms with van der Waals surface area (Å²) in [5.41, 5.74) is 0.717. The molecule has 10 heteroatoms. The van der Waals surface area contributed by atoms with E-state index in [0.29, 0.717) is 45.5 Å². The van der Waals surface area contributed by atoms with Gasteiger partial charge in [-0.25, -0.2) is 13.2 Å². The number of thioether (sulfide) groups is 1. The fourth-order valence-electron chi connectivity index (χ4n) is 2.85. The normalized spacial score (nSPS) is 15.4. The molecule has 0 bridgehead atoms. The molecular weight excluding hydrogens is 455 g/mol. The SMILES string of the molecule is O=C(O)CCCCCN1C(=O)/C(=C/c2cc(-c3cc(F)c(F)c(F)c3)cs2)SC1=S. The average molecular weight is 472 g/mol. The highest BCUT2D eigenvalue weighted by molar-refractivity contribution is 8.26. The van der Waals surface area contributed by atoms with E-state index in [2.05, 4.69) is 0 Å². The Labute approximate surface area is 184 Å². The molecule has 1 aromatic carbocycles. The number of benzene rings is 1. The molecule has 1 saturated heterocycles. The molecule has 158 valence electrons. The number of hydrogen-bond acceptors (Lipinski definition) is 5. The van der Waals surface area contributed by atoms with Gasteiger partial charge in [0.15, 0.2) is 17.5 Å². The van der Waals surface area contributed by atoms with Crippen molar-refractivity contribution < 1.29 is 27.9 Å². The van der Waals surface area contributed by atoms with Gasteiger partial charge in [0.25, 0.3) is 5.91 Å². The van der Waals surface area contributed by atoms with Gasteiger partial charge in [-0.05, 0) is 53.6 Å². The fraction of sp³-hybridized carbons (Fsp3) is 0.250. The van der Waals surface area contributed by atoms with Crippen molar-refractivity contribution in [3.63, 3.8) is 0 Å². The lowest BCUT2D eigenvalue weighted by atomic mass is 10.1. The first-order chi connectivity index (χ1) is 14.3. The highest BCUT2D eigenvalue weighted by Crippen LogP contribution is 2.35. The van der Waals surface area contributed by atoms with Gasteiger partial charge in [-0.3, -0.25) is 14.5 Å². The molecule has 4 nitrogen and oxygen atoms in total. The van der Waals surface area contributed by atoms with E-state index in [1.165, 1.54) is 28.0 Å². The maximum absolute atomic E-state index is 13.5. The van der Waals surface area contributed by atoms with E-state index in [9.17, 15) is 22.8 Å². The maximum atomic E-state index is 13.5. The van der Waals surface area contributed by atoms with E-state index < -0.39 is 23.4 Å². The molecule has 0 unspecified atom stereocenters. The lowest BCUT2D eigenvalue weighted by Crippen LogP contribution is -2.29. The molecule has 0 spiro atoms.